The zero-order valence-corrected chi connectivity index (χ0v) is 16.1. The smallest absolute Gasteiger partial charge is 0.246 e. The molecule has 0 fully saturated rings. The van der Waals surface area contributed by atoms with E-state index < -0.39 is 0 Å². The fraction of sp³-hybridized carbons (Fsp3) is 0.211. The summed E-state index contributed by atoms with van der Waals surface area (Å²) in [6, 6.07) is 12.4. The SMILES string of the molecule is CCCC(=O)Nc1ccc(Cl)c(NCc2nc(-c3ccc(Cl)cc3)no2)c1. The normalized spacial score (nSPS) is 10.6. The van der Waals surface area contributed by atoms with E-state index in [4.69, 9.17) is 27.7 Å². The molecule has 0 bridgehead atoms. The molecule has 3 aromatic rings. The molecule has 1 heterocycles. The van der Waals surface area contributed by atoms with E-state index in [-0.39, 0.29) is 5.91 Å². The van der Waals surface area contributed by atoms with Gasteiger partial charge in [-0.2, -0.15) is 4.98 Å². The van der Waals surface area contributed by atoms with Crippen molar-refractivity contribution < 1.29 is 9.32 Å². The van der Waals surface area contributed by atoms with E-state index >= 15 is 0 Å². The molecule has 0 saturated heterocycles. The summed E-state index contributed by atoms with van der Waals surface area (Å²) in [5, 5.41) is 11.1. The third-order valence-electron chi connectivity index (χ3n) is 3.73. The molecule has 0 saturated carbocycles. The van der Waals surface area contributed by atoms with Crippen molar-refractivity contribution in [1.29, 1.82) is 0 Å². The second-order valence-electron chi connectivity index (χ2n) is 5.86. The Morgan fingerprint density at radius 2 is 1.93 bits per heavy atom. The Morgan fingerprint density at radius 1 is 1.15 bits per heavy atom. The van der Waals surface area contributed by atoms with Crippen molar-refractivity contribution in [1.82, 2.24) is 10.1 Å². The van der Waals surface area contributed by atoms with E-state index in [1.807, 2.05) is 19.1 Å². The highest BCUT2D eigenvalue weighted by Gasteiger charge is 2.10. The molecule has 0 spiro atoms. The van der Waals surface area contributed by atoms with E-state index in [0.717, 1.165) is 12.0 Å². The molecule has 0 radical (unpaired) electrons. The number of nitrogens with zero attached hydrogens (tertiary/aromatic N) is 2. The number of amides is 1. The molecule has 1 amide bonds. The number of hydrogen-bond acceptors (Lipinski definition) is 5. The van der Waals surface area contributed by atoms with Gasteiger partial charge in [-0.25, -0.2) is 0 Å². The third kappa shape index (κ3) is 5.21. The summed E-state index contributed by atoms with van der Waals surface area (Å²) in [5.41, 5.74) is 2.15. The molecule has 2 aromatic carbocycles. The number of halogens is 2. The van der Waals surface area contributed by atoms with Crippen LogP contribution >= 0.6 is 23.2 Å². The van der Waals surface area contributed by atoms with Gasteiger partial charge in [0.15, 0.2) is 0 Å². The van der Waals surface area contributed by atoms with Crippen LogP contribution in [0.5, 0.6) is 0 Å². The molecule has 6 nitrogen and oxygen atoms in total. The summed E-state index contributed by atoms with van der Waals surface area (Å²) in [6.45, 7) is 2.25. The first kappa shape index (κ1) is 19.2. The van der Waals surface area contributed by atoms with Gasteiger partial charge < -0.3 is 15.2 Å². The number of carbonyl (C=O) groups is 1. The minimum Gasteiger partial charge on any atom is -0.375 e. The first-order chi connectivity index (χ1) is 13.0. The number of hydrogen-bond donors (Lipinski definition) is 2. The summed E-state index contributed by atoms with van der Waals surface area (Å²) >= 11 is 12.1. The van der Waals surface area contributed by atoms with Gasteiger partial charge in [-0.05, 0) is 48.9 Å². The molecular formula is C19H18Cl2N4O2. The monoisotopic (exact) mass is 404 g/mol. The summed E-state index contributed by atoms with van der Waals surface area (Å²) < 4.78 is 5.27. The Kier molecular flexibility index (Phi) is 6.32. The summed E-state index contributed by atoms with van der Waals surface area (Å²) in [5.74, 6) is 0.863. The van der Waals surface area contributed by atoms with Crippen LogP contribution in [0.15, 0.2) is 47.0 Å². The lowest BCUT2D eigenvalue weighted by Crippen LogP contribution is -2.11. The highest BCUT2D eigenvalue weighted by atomic mass is 35.5. The van der Waals surface area contributed by atoms with Gasteiger partial charge in [-0.15, -0.1) is 0 Å². The fourth-order valence-electron chi connectivity index (χ4n) is 2.40. The Bertz CT molecular complexity index is 926. The first-order valence-corrected chi connectivity index (χ1v) is 9.22. The Labute approximate surface area is 166 Å². The van der Waals surface area contributed by atoms with Crippen molar-refractivity contribution in [3.63, 3.8) is 0 Å². The van der Waals surface area contributed by atoms with Crippen LogP contribution in [0.1, 0.15) is 25.7 Å². The van der Waals surface area contributed by atoms with Crippen molar-refractivity contribution in [3.8, 4) is 11.4 Å². The van der Waals surface area contributed by atoms with Crippen molar-refractivity contribution >= 4 is 40.5 Å². The number of benzene rings is 2. The van der Waals surface area contributed by atoms with Gasteiger partial charge in [0.2, 0.25) is 17.6 Å². The van der Waals surface area contributed by atoms with Gasteiger partial charge in [0.05, 0.1) is 17.3 Å². The first-order valence-electron chi connectivity index (χ1n) is 8.47. The van der Waals surface area contributed by atoms with Crippen LogP contribution in [0, 0.1) is 0 Å². The maximum Gasteiger partial charge on any atom is 0.246 e. The molecule has 3 rings (SSSR count). The standard InChI is InChI=1S/C19H18Cl2N4O2/c1-2-3-17(26)23-14-8-9-15(21)16(10-14)22-11-18-24-19(25-27-18)12-4-6-13(20)7-5-12/h4-10,22H,2-3,11H2,1H3,(H,23,26). The van der Waals surface area contributed by atoms with Gasteiger partial charge in [-0.3, -0.25) is 4.79 Å². The predicted octanol–water partition coefficient (Wildman–Crippen LogP) is 5.39. The van der Waals surface area contributed by atoms with Crippen molar-refractivity contribution in [3.05, 3.63) is 58.4 Å². The van der Waals surface area contributed by atoms with E-state index in [9.17, 15) is 4.79 Å². The topological polar surface area (TPSA) is 80.0 Å². The fourth-order valence-corrected chi connectivity index (χ4v) is 2.71. The molecule has 1 aromatic heterocycles. The van der Waals surface area contributed by atoms with E-state index in [2.05, 4.69) is 20.8 Å². The van der Waals surface area contributed by atoms with Crippen molar-refractivity contribution in [2.24, 2.45) is 0 Å². The van der Waals surface area contributed by atoms with Crippen LogP contribution in [-0.4, -0.2) is 16.0 Å². The summed E-state index contributed by atoms with van der Waals surface area (Å²) in [4.78, 5) is 16.1. The minimum absolute atomic E-state index is 0.0321. The van der Waals surface area contributed by atoms with Gasteiger partial charge in [0.1, 0.15) is 0 Å². The van der Waals surface area contributed by atoms with E-state index in [1.165, 1.54) is 0 Å². The van der Waals surface area contributed by atoms with Crippen molar-refractivity contribution in [2.75, 3.05) is 10.6 Å². The van der Waals surface area contributed by atoms with Gasteiger partial charge >= 0.3 is 0 Å². The lowest BCUT2D eigenvalue weighted by atomic mass is 10.2. The van der Waals surface area contributed by atoms with Gasteiger partial charge in [0, 0.05) is 22.7 Å². The van der Waals surface area contributed by atoms with Crippen LogP contribution in [0.4, 0.5) is 11.4 Å². The molecule has 140 valence electrons. The van der Waals surface area contributed by atoms with Crippen LogP contribution in [-0.2, 0) is 11.3 Å². The molecule has 0 aliphatic rings. The predicted molar refractivity (Wildman–Crippen MR) is 107 cm³/mol. The maximum atomic E-state index is 11.7. The molecule has 0 aliphatic carbocycles. The summed E-state index contributed by atoms with van der Waals surface area (Å²) in [6.07, 6.45) is 1.26. The molecule has 2 N–H and O–H groups in total. The Hall–Kier alpha value is -2.57. The second kappa shape index (κ2) is 8.88. The highest BCUT2D eigenvalue weighted by molar-refractivity contribution is 6.33. The average Bonchev–Trinajstić information content (AvgIpc) is 3.12. The quantitative estimate of drug-likeness (QED) is 0.551. The lowest BCUT2D eigenvalue weighted by Gasteiger charge is -2.10. The van der Waals surface area contributed by atoms with Crippen molar-refractivity contribution in [2.45, 2.75) is 26.3 Å². The number of carbonyl (C=O) groups excluding carboxylic acids is 1. The van der Waals surface area contributed by atoms with E-state index in [1.54, 1.807) is 30.3 Å². The number of anilines is 2. The number of nitrogens with one attached hydrogen (secondary N) is 2. The second-order valence-corrected chi connectivity index (χ2v) is 6.71. The summed E-state index contributed by atoms with van der Waals surface area (Å²) in [7, 11) is 0. The molecule has 8 heteroatoms. The molecule has 0 unspecified atom stereocenters. The molecule has 0 aliphatic heterocycles. The maximum absolute atomic E-state index is 11.7. The molecule has 27 heavy (non-hydrogen) atoms. The molecular weight excluding hydrogens is 387 g/mol. The third-order valence-corrected chi connectivity index (χ3v) is 4.31. The van der Waals surface area contributed by atoms with Crippen LogP contribution in [0.2, 0.25) is 10.0 Å². The Morgan fingerprint density at radius 3 is 2.67 bits per heavy atom. The number of aromatic nitrogens is 2. The van der Waals surface area contributed by atoms with Crippen LogP contribution in [0.25, 0.3) is 11.4 Å². The van der Waals surface area contributed by atoms with E-state index in [0.29, 0.717) is 46.1 Å². The lowest BCUT2D eigenvalue weighted by molar-refractivity contribution is -0.116. The zero-order chi connectivity index (χ0) is 19.2. The molecule has 0 atom stereocenters. The zero-order valence-electron chi connectivity index (χ0n) is 14.6. The number of rotatable bonds is 7. The van der Waals surface area contributed by atoms with Gasteiger partial charge in [0.25, 0.3) is 0 Å². The van der Waals surface area contributed by atoms with Crippen LogP contribution in [0.3, 0.4) is 0 Å². The Balaban J connectivity index is 1.66. The van der Waals surface area contributed by atoms with Gasteiger partial charge in [-0.1, -0.05) is 35.3 Å². The minimum atomic E-state index is -0.0321. The average molecular weight is 405 g/mol. The highest BCUT2D eigenvalue weighted by Crippen LogP contribution is 2.26. The van der Waals surface area contributed by atoms with Crippen LogP contribution < -0.4 is 10.6 Å². The largest absolute Gasteiger partial charge is 0.375 e.